The molecule has 7 heteroatoms. The van der Waals surface area contributed by atoms with Crippen LogP contribution in [0.15, 0.2) is 0 Å². The lowest BCUT2D eigenvalue weighted by Crippen LogP contribution is -2.35. The van der Waals surface area contributed by atoms with Crippen LogP contribution in [0.1, 0.15) is 29.6 Å². The summed E-state index contributed by atoms with van der Waals surface area (Å²) in [6.45, 7) is 3.59. The van der Waals surface area contributed by atoms with Gasteiger partial charge in [0.05, 0.1) is 12.7 Å². The van der Waals surface area contributed by atoms with Crippen LogP contribution in [-0.2, 0) is 4.74 Å². The summed E-state index contributed by atoms with van der Waals surface area (Å²) in [4.78, 5) is 13.5. The van der Waals surface area contributed by atoms with E-state index in [1.807, 2.05) is 4.90 Å². The minimum absolute atomic E-state index is 0.219. The molecule has 0 atom stereocenters. The molecule has 17 heavy (non-hydrogen) atoms. The molecule has 1 aromatic rings. The van der Waals surface area contributed by atoms with E-state index >= 15 is 0 Å². The molecule has 94 valence electrons. The monoisotopic (exact) mass is 257 g/mol. The molecule has 0 unspecified atom stereocenters. The fourth-order valence-electron chi connectivity index (χ4n) is 1.68. The van der Waals surface area contributed by atoms with E-state index in [9.17, 15) is 9.90 Å². The molecule has 2 rings (SSSR count). The van der Waals surface area contributed by atoms with Gasteiger partial charge in [0.15, 0.2) is 0 Å². The average molecular weight is 257 g/mol. The van der Waals surface area contributed by atoms with Crippen molar-refractivity contribution < 1.29 is 14.6 Å². The van der Waals surface area contributed by atoms with Crippen molar-refractivity contribution in [2.24, 2.45) is 0 Å². The zero-order valence-corrected chi connectivity index (χ0v) is 10.4. The van der Waals surface area contributed by atoms with Gasteiger partial charge in [0, 0.05) is 13.1 Å². The van der Waals surface area contributed by atoms with Gasteiger partial charge in [-0.05, 0) is 19.8 Å². The van der Waals surface area contributed by atoms with Crippen LogP contribution >= 0.6 is 11.3 Å². The van der Waals surface area contributed by atoms with E-state index in [0.29, 0.717) is 6.61 Å². The molecule has 1 N–H and O–H groups in total. The summed E-state index contributed by atoms with van der Waals surface area (Å²) in [6.07, 6.45) is 1.24. The van der Waals surface area contributed by atoms with E-state index in [4.69, 9.17) is 4.74 Å². The Morgan fingerprint density at radius 1 is 1.53 bits per heavy atom. The number of ether oxygens (including phenoxy) is 1. The Kier molecular flexibility index (Phi) is 3.90. The van der Waals surface area contributed by atoms with Gasteiger partial charge in [-0.25, -0.2) is 4.79 Å². The molecule has 6 nitrogen and oxygen atoms in total. The number of aliphatic hydroxyl groups excluding tert-OH is 1. The van der Waals surface area contributed by atoms with E-state index in [1.54, 1.807) is 6.92 Å². The van der Waals surface area contributed by atoms with E-state index < -0.39 is 5.97 Å². The number of nitrogens with zero attached hydrogens (tertiary/aromatic N) is 3. The Bertz CT molecular complexity index is 388. The number of carbonyl (C=O) groups is 1. The van der Waals surface area contributed by atoms with Crippen LogP contribution in [0.4, 0.5) is 5.13 Å². The summed E-state index contributed by atoms with van der Waals surface area (Å²) < 4.78 is 4.86. The Hall–Kier alpha value is -1.21. The zero-order chi connectivity index (χ0) is 12.3. The highest BCUT2D eigenvalue weighted by molar-refractivity contribution is 7.17. The third kappa shape index (κ3) is 2.92. The highest BCUT2D eigenvalue weighted by Crippen LogP contribution is 2.24. The lowest BCUT2D eigenvalue weighted by molar-refractivity contribution is 0.0525. The molecule has 0 spiro atoms. The van der Waals surface area contributed by atoms with E-state index in [-0.39, 0.29) is 11.1 Å². The van der Waals surface area contributed by atoms with Crippen molar-refractivity contribution in [1.29, 1.82) is 0 Å². The average Bonchev–Trinajstić information content (AvgIpc) is 2.80. The smallest absolute Gasteiger partial charge is 0.369 e. The third-order valence-electron chi connectivity index (χ3n) is 2.60. The molecule has 0 amide bonds. The normalized spacial score (nSPS) is 17.2. The molecule has 2 heterocycles. The molecule has 1 saturated heterocycles. The topological polar surface area (TPSA) is 75.5 Å². The maximum absolute atomic E-state index is 11.4. The second-order valence-corrected chi connectivity index (χ2v) is 4.78. The van der Waals surface area contributed by atoms with Crippen molar-refractivity contribution in [2.75, 3.05) is 24.6 Å². The van der Waals surface area contributed by atoms with Crippen molar-refractivity contribution >= 4 is 22.4 Å². The number of anilines is 1. The number of aliphatic hydroxyl groups is 1. The summed E-state index contributed by atoms with van der Waals surface area (Å²) in [6, 6.07) is 0. The molecule has 0 radical (unpaired) electrons. The predicted molar refractivity (Wildman–Crippen MR) is 63.3 cm³/mol. The van der Waals surface area contributed by atoms with Crippen molar-refractivity contribution in [3.05, 3.63) is 5.01 Å². The van der Waals surface area contributed by atoms with Crippen molar-refractivity contribution in [3.63, 3.8) is 0 Å². The summed E-state index contributed by atoms with van der Waals surface area (Å²) in [5, 5.41) is 18.2. The van der Waals surface area contributed by atoms with Gasteiger partial charge in [-0.2, -0.15) is 0 Å². The maximum atomic E-state index is 11.4. The standard InChI is InChI=1S/C10H15N3O3S/c1-2-16-9(15)8-11-12-10(17-8)13-5-3-7(14)4-6-13/h7,14H,2-6H2,1H3. The summed E-state index contributed by atoms with van der Waals surface area (Å²) in [5.74, 6) is -0.423. The van der Waals surface area contributed by atoms with Crippen LogP contribution in [-0.4, -0.2) is 47.1 Å². The minimum Gasteiger partial charge on any atom is -0.461 e. The maximum Gasteiger partial charge on any atom is 0.369 e. The van der Waals surface area contributed by atoms with Gasteiger partial charge in [0.1, 0.15) is 0 Å². The molecule has 1 aromatic heterocycles. The number of piperidine rings is 1. The number of aromatic nitrogens is 2. The molecule has 1 fully saturated rings. The predicted octanol–water partition coefficient (Wildman–Crippen LogP) is 0.676. The van der Waals surface area contributed by atoms with Crippen molar-refractivity contribution in [1.82, 2.24) is 10.2 Å². The molecule has 0 aromatic carbocycles. The second kappa shape index (κ2) is 5.42. The fraction of sp³-hybridized carbons (Fsp3) is 0.700. The number of esters is 1. The van der Waals surface area contributed by atoms with Crippen LogP contribution in [0.5, 0.6) is 0 Å². The molecular weight excluding hydrogens is 242 g/mol. The lowest BCUT2D eigenvalue weighted by atomic mass is 10.1. The highest BCUT2D eigenvalue weighted by atomic mass is 32.1. The van der Waals surface area contributed by atoms with Gasteiger partial charge >= 0.3 is 5.97 Å². The first-order chi connectivity index (χ1) is 8.20. The van der Waals surface area contributed by atoms with Crippen LogP contribution in [0, 0.1) is 0 Å². The van der Waals surface area contributed by atoms with E-state index in [2.05, 4.69) is 10.2 Å². The molecule has 0 saturated carbocycles. The Balaban J connectivity index is 2.00. The fourth-order valence-corrected chi connectivity index (χ4v) is 2.47. The van der Waals surface area contributed by atoms with Crippen LogP contribution in [0.2, 0.25) is 0 Å². The van der Waals surface area contributed by atoms with Gasteiger partial charge in [-0.3, -0.25) is 0 Å². The molecule has 1 aliphatic rings. The number of carbonyl (C=O) groups excluding carboxylic acids is 1. The van der Waals surface area contributed by atoms with E-state index in [0.717, 1.165) is 31.1 Å². The van der Waals surface area contributed by atoms with Crippen molar-refractivity contribution in [2.45, 2.75) is 25.9 Å². The number of rotatable bonds is 3. The highest BCUT2D eigenvalue weighted by Gasteiger charge is 2.22. The molecular formula is C10H15N3O3S. The van der Waals surface area contributed by atoms with Gasteiger partial charge in [0.2, 0.25) is 10.1 Å². The van der Waals surface area contributed by atoms with Gasteiger partial charge in [-0.1, -0.05) is 11.3 Å². The minimum atomic E-state index is -0.423. The first kappa shape index (κ1) is 12.3. The molecule has 0 bridgehead atoms. The largest absolute Gasteiger partial charge is 0.461 e. The van der Waals surface area contributed by atoms with Gasteiger partial charge in [-0.15, -0.1) is 10.2 Å². The first-order valence-corrected chi connectivity index (χ1v) is 6.46. The SMILES string of the molecule is CCOC(=O)c1nnc(N2CCC(O)CC2)s1. The number of hydrogen-bond acceptors (Lipinski definition) is 7. The summed E-state index contributed by atoms with van der Waals surface area (Å²) in [7, 11) is 0. The van der Waals surface area contributed by atoms with Crippen LogP contribution < -0.4 is 4.90 Å². The summed E-state index contributed by atoms with van der Waals surface area (Å²) >= 11 is 1.24. The second-order valence-electron chi connectivity index (χ2n) is 3.83. The number of hydrogen-bond donors (Lipinski definition) is 1. The Morgan fingerprint density at radius 2 is 2.24 bits per heavy atom. The van der Waals surface area contributed by atoms with E-state index in [1.165, 1.54) is 11.3 Å². The zero-order valence-electron chi connectivity index (χ0n) is 9.63. The molecule has 1 aliphatic heterocycles. The Morgan fingerprint density at radius 3 is 2.88 bits per heavy atom. The summed E-state index contributed by atoms with van der Waals surface area (Å²) in [5.41, 5.74) is 0. The van der Waals surface area contributed by atoms with Gasteiger partial charge in [0.25, 0.3) is 0 Å². The lowest BCUT2D eigenvalue weighted by Gasteiger charge is -2.28. The first-order valence-electron chi connectivity index (χ1n) is 5.64. The van der Waals surface area contributed by atoms with Crippen LogP contribution in [0.3, 0.4) is 0 Å². The van der Waals surface area contributed by atoms with Crippen LogP contribution in [0.25, 0.3) is 0 Å². The third-order valence-corrected chi connectivity index (χ3v) is 3.56. The Labute approximate surface area is 103 Å². The van der Waals surface area contributed by atoms with Crippen molar-refractivity contribution in [3.8, 4) is 0 Å². The quantitative estimate of drug-likeness (QED) is 0.802. The van der Waals surface area contributed by atoms with Gasteiger partial charge < -0.3 is 14.7 Å². The molecule has 0 aliphatic carbocycles.